The van der Waals surface area contributed by atoms with Gasteiger partial charge in [-0.3, -0.25) is 5.73 Å². The third kappa shape index (κ3) is 9.13. The molecular weight excluding hydrogens is 202 g/mol. The molecule has 3 heteroatoms. The molecule has 0 aliphatic carbocycles. The average molecular weight is 231 g/mol. The van der Waals surface area contributed by atoms with Crippen LogP contribution in [0.15, 0.2) is 0 Å². The first-order chi connectivity index (χ1) is 7.60. The van der Waals surface area contributed by atoms with Crippen molar-refractivity contribution in [2.75, 3.05) is 0 Å². The topological polar surface area (TPSA) is 44.5 Å². The maximum Gasteiger partial charge on any atom is 0.213 e. The van der Waals surface area contributed by atoms with Crippen LogP contribution in [0.5, 0.6) is 0 Å². The quantitative estimate of drug-likeness (QED) is 0.586. The molecule has 3 nitrogen and oxygen atoms in total. The van der Waals surface area contributed by atoms with E-state index in [4.69, 9.17) is 15.2 Å². The minimum Gasteiger partial charge on any atom is -0.337 e. The molecule has 0 saturated carbocycles. The zero-order chi connectivity index (χ0) is 12.4. The van der Waals surface area contributed by atoms with Gasteiger partial charge in [0.15, 0.2) is 0 Å². The number of hydrogen-bond donors (Lipinski definition) is 1. The van der Waals surface area contributed by atoms with E-state index in [-0.39, 0.29) is 12.2 Å². The summed E-state index contributed by atoms with van der Waals surface area (Å²) in [5.41, 5.74) is 5.77. The van der Waals surface area contributed by atoms with Gasteiger partial charge >= 0.3 is 0 Å². The van der Waals surface area contributed by atoms with Crippen molar-refractivity contribution >= 4 is 0 Å². The van der Waals surface area contributed by atoms with Crippen molar-refractivity contribution in [2.45, 2.75) is 84.8 Å². The Bertz CT molecular complexity index is 137. The molecule has 0 aliphatic rings. The predicted molar refractivity (Wildman–Crippen MR) is 68.1 cm³/mol. The average Bonchev–Trinajstić information content (AvgIpc) is 2.23. The van der Waals surface area contributed by atoms with Crippen LogP contribution >= 0.6 is 0 Å². The summed E-state index contributed by atoms with van der Waals surface area (Å²) in [7, 11) is 0. The standard InChI is InChI=1S/C13H29NO2/c1-5-7-9-11(3)15-13(14)16-12(4)10-8-6-2/h11-13H,5-10,14H2,1-4H3. The lowest BCUT2D eigenvalue weighted by atomic mass is 10.2. The van der Waals surface area contributed by atoms with Crippen molar-refractivity contribution in [3.63, 3.8) is 0 Å². The second-order valence-electron chi connectivity index (χ2n) is 4.55. The Morgan fingerprint density at radius 1 is 0.875 bits per heavy atom. The van der Waals surface area contributed by atoms with Crippen molar-refractivity contribution in [1.29, 1.82) is 0 Å². The van der Waals surface area contributed by atoms with Gasteiger partial charge in [0.25, 0.3) is 0 Å². The van der Waals surface area contributed by atoms with E-state index in [1.807, 2.05) is 0 Å². The molecule has 0 amide bonds. The van der Waals surface area contributed by atoms with Crippen LogP contribution in [0.25, 0.3) is 0 Å². The lowest BCUT2D eigenvalue weighted by Crippen LogP contribution is -2.34. The molecule has 0 fully saturated rings. The fourth-order valence-corrected chi connectivity index (χ4v) is 1.61. The van der Waals surface area contributed by atoms with Gasteiger partial charge < -0.3 is 9.47 Å². The molecule has 16 heavy (non-hydrogen) atoms. The molecule has 2 unspecified atom stereocenters. The summed E-state index contributed by atoms with van der Waals surface area (Å²) in [5.74, 6) is 0. The van der Waals surface area contributed by atoms with E-state index in [2.05, 4.69) is 27.7 Å². The van der Waals surface area contributed by atoms with Crippen LogP contribution in [0, 0.1) is 0 Å². The van der Waals surface area contributed by atoms with Crippen LogP contribution < -0.4 is 5.73 Å². The molecule has 0 aliphatic heterocycles. The highest BCUT2D eigenvalue weighted by molar-refractivity contribution is 4.53. The lowest BCUT2D eigenvalue weighted by Gasteiger charge is -2.22. The van der Waals surface area contributed by atoms with Crippen LogP contribution in [0.4, 0.5) is 0 Å². The highest BCUT2D eigenvalue weighted by atomic mass is 16.7. The van der Waals surface area contributed by atoms with Crippen molar-refractivity contribution in [2.24, 2.45) is 5.73 Å². The molecule has 0 bridgehead atoms. The number of ether oxygens (including phenoxy) is 2. The van der Waals surface area contributed by atoms with Gasteiger partial charge in [0.1, 0.15) is 0 Å². The summed E-state index contributed by atoms with van der Waals surface area (Å²) in [4.78, 5) is 0. The van der Waals surface area contributed by atoms with Crippen LogP contribution in [0.2, 0.25) is 0 Å². The van der Waals surface area contributed by atoms with E-state index in [9.17, 15) is 0 Å². The third-order valence-electron chi connectivity index (χ3n) is 2.66. The largest absolute Gasteiger partial charge is 0.337 e. The van der Waals surface area contributed by atoms with E-state index >= 15 is 0 Å². The van der Waals surface area contributed by atoms with E-state index < -0.39 is 6.41 Å². The first-order valence-corrected chi connectivity index (χ1v) is 6.66. The summed E-state index contributed by atoms with van der Waals surface area (Å²) in [6, 6.07) is 0. The van der Waals surface area contributed by atoms with Gasteiger partial charge in [-0.15, -0.1) is 0 Å². The van der Waals surface area contributed by atoms with Crippen LogP contribution in [0.1, 0.15) is 66.2 Å². The van der Waals surface area contributed by atoms with Crippen molar-refractivity contribution in [1.82, 2.24) is 0 Å². The molecule has 0 aromatic rings. The van der Waals surface area contributed by atoms with Crippen LogP contribution in [-0.4, -0.2) is 18.6 Å². The molecule has 2 atom stereocenters. The van der Waals surface area contributed by atoms with Crippen LogP contribution in [0.3, 0.4) is 0 Å². The van der Waals surface area contributed by atoms with E-state index in [0.717, 1.165) is 12.8 Å². The molecule has 2 N–H and O–H groups in total. The van der Waals surface area contributed by atoms with E-state index in [1.165, 1.54) is 25.7 Å². The van der Waals surface area contributed by atoms with Gasteiger partial charge in [-0.25, -0.2) is 0 Å². The highest BCUT2D eigenvalue weighted by Gasteiger charge is 2.12. The zero-order valence-electron chi connectivity index (χ0n) is 11.4. The Morgan fingerprint density at radius 2 is 1.25 bits per heavy atom. The summed E-state index contributed by atoms with van der Waals surface area (Å²) >= 11 is 0. The number of rotatable bonds is 10. The summed E-state index contributed by atoms with van der Waals surface area (Å²) in [6.07, 6.45) is 6.65. The molecule has 0 spiro atoms. The van der Waals surface area contributed by atoms with Crippen molar-refractivity contribution in [3.05, 3.63) is 0 Å². The summed E-state index contributed by atoms with van der Waals surface area (Å²) < 4.78 is 11.1. The molecule has 0 aromatic carbocycles. The van der Waals surface area contributed by atoms with E-state index in [1.54, 1.807) is 0 Å². The van der Waals surface area contributed by atoms with Crippen LogP contribution in [-0.2, 0) is 9.47 Å². The molecule has 0 saturated heterocycles. The Hall–Kier alpha value is -0.120. The molecular formula is C13H29NO2. The van der Waals surface area contributed by atoms with Gasteiger partial charge in [-0.2, -0.15) is 0 Å². The maximum atomic E-state index is 5.77. The molecule has 0 rings (SSSR count). The predicted octanol–water partition coefficient (Wildman–Crippen LogP) is 3.42. The van der Waals surface area contributed by atoms with Crippen molar-refractivity contribution < 1.29 is 9.47 Å². The normalized spacial score (nSPS) is 17.1. The van der Waals surface area contributed by atoms with Gasteiger partial charge in [0, 0.05) is 0 Å². The third-order valence-corrected chi connectivity index (χ3v) is 2.66. The minimum atomic E-state index is -0.571. The first-order valence-electron chi connectivity index (χ1n) is 6.66. The Balaban J connectivity index is 3.58. The second-order valence-corrected chi connectivity index (χ2v) is 4.55. The molecule has 98 valence electrons. The van der Waals surface area contributed by atoms with Gasteiger partial charge in [0.2, 0.25) is 6.41 Å². The highest BCUT2D eigenvalue weighted by Crippen LogP contribution is 2.09. The lowest BCUT2D eigenvalue weighted by molar-refractivity contribution is -0.186. The fraction of sp³-hybridized carbons (Fsp3) is 1.00. The number of nitrogens with two attached hydrogens (primary N) is 1. The Morgan fingerprint density at radius 3 is 1.56 bits per heavy atom. The van der Waals surface area contributed by atoms with Crippen molar-refractivity contribution in [3.8, 4) is 0 Å². The number of hydrogen-bond acceptors (Lipinski definition) is 3. The van der Waals surface area contributed by atoms with Gasteiger partial charge in [-0.1, -0.05) is 39.5 Å². The van der Waals surface area contributed by atoms with E-state index in [0.29, 0.717) is 0 Å². The monoisotopic (exact) mass is 231 g/mol. The minimum absolute atomic E-state index is 0.188. The summed E-state index contributed by atoms with van der Waals surface area (Å²) in [5, 5.41) is 0. The zero-order valence-corrected chi connectivity index (χ0v) is 11.4. The molecule has 0 radical (unpaired) electrons. The molecule has 0 aromatic heterocycles. The van der Waals surface area contributed by atoms with Gasteiger partial charge in [-0.05, 0) is 26.7 Å². The first kappa shape index (κ1) is 15.9. The molecule has 0 heterocycles. The Labute approximate surface area is 101 Å². The second kappa shape index (κ2) is 10.1. The maximum absolute atomic E-state index is 5.77. The Kier molecular flexibility index (Phi) is 9.99. The number of unbranched alkanes of at least 4 members (excludes halogenated alkanes) is 2. The SMILES string of the molecule is CCCCC(C)OC(N)OC(C)CCCC. The fourth-order valence-electron chi connectivity index (χ4n) is 1.61. The smallest absolute Gasteiger partial charge is 0.213 e. The van der Waals surface area contributed by atoms with Gasteiger partial charge in [0.05, 0.1) is 12.2 Å². The summed E-state index contributed by atoms with van der Waals surface area (Å²) in [6.45, 7) is 8.46.